The molecule has 0 spiro atoms. The summed E-state index contributed by atoms with van der Waals surface area (Å²) in [6.07, 6.45) is 7.27. The Kier molecular flexibility index (Phi) is 7.07. The Morgan fingerprint density at radius 2 is 2.00 bits per heavy atom. The zero-order valence-corrected chi connectivity index (χ0v) is 17.9. The number of hydrogen-bond acceptors (Lipinski definition) is 5. The van der Waals surface area contributed by atoms with Gasteiger partial charge in [0.1, 0.15) is 5.65 Å². The molecule has 0 unspecified atom stereocenters. The number of aromatic carboxylic acids is 1. The predicted molar refractivity (Wildman–Crippen MR) is 120 cm³/mol. The number of benzene rings is 1. The van der Waals surface area contributed by atoms with Gasteiger partial charge in [0.25, 0.3) is 5.56 Å². The summed E-state index contributed by atoms with van der Waals surface area (Å²) in [4.78, 5) is 29.1. The van der Waals surface area contributed by atoms with Crippen LogP contribution in [-0.2, 0) is 6.42 Å². The number of nitrogens with zero attached hydrogens (tertiary/aromatic N) is 2. The van der Waals surface area contributed by atoms with Gasteiger partial charge < -0.3 is 14.6 Å². The van der Waals surface area contributed by atoms with Crippen molar-refractivity contribution < 1.29 is 19.4 Å². The Morgan fingerprint density at radius 3 is 2.68 bits per heavy atom. The topological polar surface area (TPSA) is 90.1 Å². The molecule has 0 aliphatic heterocycles. The second kappa shape index (κ2) is 9.93. The summed E-state index contributed by atoms with van der Waals surface area (Å²) in [5, 5.41) is 9.25. The molecule has 162 valence electrons. The van der Waals surface area contributed by atoms with Crippen molar-refractivity contribution in [3.8, 4) is 11.5 Å². The Labute approximate surface area is 180 Å². The van der Waals surface area contributed by atoms with Crippen LogP contribution in [0.2, 0.25) is 0 Å². The van der Waals surface area contributed by atoms with Crippen LogP contribution in [0.1, 0.15) is 53.9 Å². The highest BCUT2D eigenvalue weighted by Crippen LogP contribution is 2.32. The monoisotopic (exact) mass is 422 g/mol. The van der Waals surface area contributed by atoms with Gasteiger partial charge >= 0.3 is 5.97 Å². The Balaban J connectivity index is 2.13. The fourth-order valence-corrected chi connectivity index (χ4v) is 3.37. The van der Waals surface area contributed by atoms with E-state index in [2.05, 4.69) is 4.98 Å². The molecule has 7 heteroatoms. The van der Waals surface area contributed by atoms with E-state index < -0.39 is 5.97 Å². The molecule has 0 saturated carbocycles. The number of ether oxygens (including phenoxy) is 2. The van der Waals surface area contributed by atoms with Gasteiger partial charge in [0.05, 0.1) is 25.0 Å². The van der Waals surface area contributed by atoms with E-state index in [1.807, 2.05) is 38.1 Å². The molecule has 3 rings (SSSR count). The van der Waals surface area contributed by atoms with Gasteiger partial charge in [0, 0.05) is 17.3 Å². The highest BCUT2D eigenvalue weighted by Gasteiger charge is 2.14. The van der Waals surface area contributed by atoms with Crippen LogP contribution in [0.5, 0.6) is 11.5 Å². The lowest BCUT2D eigenvalue weighted by Crippen LogP contribution is -2.22. The number of fused-ring (bicyclic) bond motifs is 1. The average molecular weight is 422 g/mol. The highest BCUT2D eigenvalue weighted by molar-refractivity contribution is 5.87. The van der Waals surface area contributed by atoms with E-state index in [1.54, 1.807) is 19.3 Å². The summed E-state index contributed by atoms with van der Waals surface area (Å²) in [5.41, 5.74) is 2.10. The van der Waals surface area contributed by atoms with E-state index in [0.717, 1.165) is 18.4 Å². The quantitative estimate of drug-likeness (QED) is 0.553. The molecule has 0 aliphatic rings. The summed E-state index contributed by atoms with van der Waals surface area (Å²) in [6, 6.07) is 8.60. The van der Waals surface area contributed by atoms with Crippen molar-refractivity contribution in [2.75, 3.05) is 13.7 Å². The summed E-state index contributed by atoms with van der Waals surface area (Å²) < 4.78 is 12.5. The van der Waals surface area contributed by atoms with Crippen molar-refractivity contribution in [3.63, 3.8) is 0 Å². The van der Waals surface area contributed by atoms with Crippen LogP contribution in [0.25, 0.3) is 17.8 Å². The minimum atomic E-state index is -1.09. The van der Waals surface area contributed by atoms with E-state index in [4.69, 9.17) is 9.47 Å². The molecule has 1 N–H and O–H groups in total. The molecular weight excluding hydrogens is 396 g/mol. The molecule has 0 saturated heterocycles. The summed E-state index contributed by atoms with van der Waals surface area (Å²) in [5.74, 6) is 0.166. The van der Waals surface area contributed by atoms with Crippen LogP contribution in [0.4, 0.5) is 0 Å². The van der Waals surface area contributed by atoms with Crippen molar-refractivity contribution in [3.05, 3.63) is 69.3 Å². The van der Waals surface area contributed by atoms with E-state index in [-0.39, 0.29) is 11.1 Å². The average Bonchev–Trinajstić information content (AvgIpc) is 2.77. The summed E-state index contributed by atoms with van der Waals surface area (Å²) >= 11 is 0. The minimum absolute atomic E-state index is 0.0404. The first-order valence-electron chi connectivity index (χ1n) is 10.3. The first-order chi connectivity index (χ1) is 15.0. The van der Waals surface area contributed by atoms with Crippen molar-refractivity contribution in [1.82, 2.24) is 9.38 Å². The highest BCUT2D eigenvalue weighted by atomic mass is 16.5. The van der Waals surface area contributed by atoms with Gasteiger partial charge in [-0.15, -0.1) is 0 Å². The zero-order chi connectivity index (χ0) is 22.4. The Hall–Kier alpha value is -3.61. The second-order valence-electron chi connectivity index (χ2n) is 6.98. The van der Waals surface area contributed by atoms with Crippen LogP contribution in [0.3, 0.4) is 0 Å². The number of carboxylic acids is 1. The number of methoxy groups -OCH3 is 1. The molecule has 31 heavy (non-hydrogen) atoms. The third-order valence-corrected chi connectivity index (χ3v) is 4.91. The maximum atomic E-state index is 13.2. The fraction of sp³-hybridized carbons (Fsp3) is 0.292. The maximum Gasteiger partial charge on any atom is 0.337 e. The van der Waals surface area contributed by atoms with Crippen LogP contribution < -0.4 is 15.0 Å². The van der Waals surface area contributed by atoms with Crippen molar-refractivity contribution >= 4 is 23.8 Å². The Bertz CT molecular complexity index is 1180. The first kappa shape index (κ1) is 22.1. The molecule has 0 radical (unpaired) electrons. The lowest BCUT2D eigenvalue weighted by molar-refractivity contribution is 0.0696. The van der Waals surface area contributed by atoms with Gasteiger partial charge in [0.15, 0.2) is 11.5 Å². The lowest BCUT2D eigenvalue weighted by atomic mass is 10.1. The smallest absolute Gasteiger partial charge is 0.337 e. The van der Waals surface area contributed by atoms with Crippen molar-refractivity contribution in [2.24, 2.45) is 0 Å². The number of para-hydroxylation sites is 1. The molecule has 0 atom stereocenters. The summed E-state index contributed by atoms with van der Waals surface area (Å²) in [7, 11) is 1.59. The predicted octanol–water partition coefficient (Wildman–Crippen LogP) is 4.31. The molecule has 7 nitrogen and oxygen atoms in total. The van der Waals surface area contributed by atoms with Crippen molar-refractivity contribution in [2.45, 2.75) is 33.1 Å². The summed E-state index contributed by atoms with van der Waals surface area (Å²) in [6.45, 7) is 4.48. The fourth-order valence-electron chi connectivity index (χ4n) is 3.37. The number of carboxylic acid groups (broad SMARTS) is 1. The van der Waals surface area contributed by atoms with Gasteiger partial charge in [-0.3, -0.25) is 9.20 Å². The van der Waals surface area contributed by atoms with E-state index in [1.165, 1.54) is 16.7 Å². The number of carbonyl (C=O) groups is 1. The zero-order valence-electron chi connectivity index (χ0n) is 17.9. The maximum absolute atomic E-state index is 13.2. The third-order valence-electron chi connectivity index (χ3n) is 4.91. The van der Waals surface area contributed by atoms with Gasteiger partial charge in [-0.2, -0.15) is 0 Å². The largest absolute Gasteiger partial charge is 0.492 e. The van der Waals surface area contributed by atoms with Gasteiger partial charge in [-0.05, 0) is 50.1 Å². The van der Waals surface area contributed by atoms with Crippen LogP contribution in [0, 0.1) is 0 Å². The molecule has 1 aromatic carbocycles. The standard InChI is InChI=1S/C24H26N2O5/c1-4-6-9-18-19(13-11-16-8-7-10-20(31-5-2)22(16)30-3)25-21-14-12-17(24(28)29)15-26(21)23(18)27/h7-8,10-15H,4-6,9H2,1-3H3,(H,28,29). The SMILES string of the molecule is CCCCc1c(C=Cc2cccc(OCC)c2OC)nc2ccc(C(=O)O)cn2c1=O. The van der Waals surface area contributed by atoms with Crippen molar-refractivity contribution in [1.29, 1.82) is 0 Å². The molecule has 2 aromatic heterocycles. The van der Waals surface area contributed by atoms with Gasteiger partial charge in [-0.25, -0.2) is 9.78 Å². The molecule has 0 aliphatic carbocycles. The van der Waals surface area contributed by atoms with Gasteiger partial charge in [-0.1, -0.05) is 25.5 Å². The molecule has 2 heterocycles. The van der Waals surface area contributed by atoms with Crippen LogP contribution in [0.15, 0.2) is 41.3 Å². The Morgan fingerprint density at radius 1 is 1.19 bits per heavy atom. The second-order valence-corrected chi connectivity index (χ2v) is 6.98. The van der Waals surface area contributed by atoms with E-state index in [9.17, 15) is 14.7 Å². The van der Waals surface area contributed by atoms with Crippen LogP contribution in [-0.4, -0.2) is 34.2 Å². The lowest BCUT2D eigenvalue weighted by Gasteiger charge is -2.12. The molecule has 3 aromatic rings. The number of hydrogen-bond donors (Lipinski definition) is 1. The van der Waals surface area contributed by atoms with E-state index >= 15 is 0 Å². The normalized spacial score (nSPS) is 11.2. The number of unbranched alkanes of at least 4 members (excludes halogenated alkanes) is 1. The molecule has 0 amide bonds. The molecule has 0 fully saturated rings. The molecular formula is C24H26N2O5. The number of aromatic nitrogens is 2. The first-order valence-corrected chi connectivity index (χ1v) is 10.3. The number of pyridine rings is 1. The van der Waals surface area contributed by atoms with Gasteiger partial charge in [0.2, 0.25) is 0 Å². The van der Waals surface area contributed by atoms with Crippen LogP contribution >= 0.6 is 0 Å². The minimum Gasteiger partial charge on any atom is -0.492 e. The molecule has 0 bridgehead atoms. The number of rotatable bonds is 9. The van der Waals surface area contributed by atoms with E-state index in [0.29, 0.717) is 41.4 Å². The third kappa shape index (κ3) is 4.77.